The smallest absolute Gasteiger partial charge is 0.339 e. The summed E-state index contributed by atoms with van der Waals surface area (Å²) in [5.74, 6) is -1.04. The molecule has 5 nitrogen and oxygen atoms in total. The van der Waals surface area contributed by atoms with Crippen LogP contribution in [0.2, 0.25) is 0 Å². The lowest BCUT2D eigenvalue weighted by atomic mass is 10.2. The molecule has 0 unspecified atom stereocenters. The Morgan fingerprint density at radius 3 is 2.75 bits per heavy atom. The molecule has 0 spiro atoms. The number of carboxylic acid groups (broad SMARTS) is 1. The standard InChI is InChI=1S/C15H14N2O3/c1-11-13(14(18)19)10-16-15(17-11)20-9-5-8-12-6-3-2-4-7-12/h2-8,10H,9H2,1H3,(H,18,19)/b8-5+. The molecule has 0 aliphatic carbocycles. The summed E-state index contributed by atoms with van der Waals surface area (Å²) in [6.45, 7) is 1.93. The van der Waals surface area contributed by atoms with Crippen molar-refractivity contribution in [3.8, 4) is 6.01 Å². The lowest BCUT2D eigenvalue weighted by molar-refractivity contribution is 0.0695. The minimum atomic E-state index is -1.04. The van der Waals surface area contributed by atoms with E-state index in [9.17, 15) is 4.79 Å². The zero-order valence-corrected chi connectivity index (χ0v) is 11.0. The Labute approximate surface area is 116 Å². The van der Waals surface area contributed by atoms with Crippen LogP contribution in [0.3, 0.4) is 0 Å². The molecule has 0 fully saturated rings. The highest BCUT2D eigenvalue weighted by molar-refractivity contribution is 5.88. The van der Waals surface area contributed by atoms with Gasteiger partial charge >= 0.3 is 12.0 Å². The van der Waals surface area contributed by atoms with Crippen LogP contribution in [-0.4, -0.2) is 27.7 Å². The Bertz CT molecular complexity index is 624. The largest absolute Gasteiger partial charge is 0.478 e. The number of carboxylic acids is 1. The maximum absolute atomic E-state index is 10.8. The SMILES string of the molecule is Cc1nc(OC/C=C/c2ccccc2)ncc1C(=O)O. The molecule has 0 bridgehead atoms. The molecule has 102 valence electrons. The first-order valence-electron chi connectivity index (χ1n) is 6.08. The molecule has 1 N–H and O–H groups in total. The predicted molar refractivity (Wildman–Crippen MR) is 74.7 cm³/mol. The van der Waals surface area contributed by atoms with Crippen molar-refractivity contribution in [2.45, 2.75) is 6.92 Å². The highest BCUT2D eigenvalue weighted by atomic mass is 16.5. The fraction of sp³-hybridized carbons (Fsp3) is 0.133. The molecule has 5 heteroatoms. The van der Waals surface area contributed by atoms with E-state index in [2.05, 4.69) is 9.97 Å². The van der Waals surface area contributed by atoms with Crippen LogP contribution in [0.1, 0.15) is 21.6 Å². The molecule has 1 aromatic heterocycles. The molecule has 0 atom stereocenters. The van der Waals surface area contributed by atoms with E-state index >= 15 is 0 Å². The van der Waals surface area contributed by atoms with Crippen LogP contribution in [0, 0.1) is 6.92 Å². The lowest BCUT2D eigenvalue weighted by Crippen LogP contribution is -2.06. The number of aromatic nitrogens is 2. The minimum absolute atomic E-state index is 0.0807. The zero-order chi connectivity index (χ0) is 14.4. The molecule has 0 amide bonds. The number of nitrogens with zero attached hydrogens (tertiary/aromatic N) is 2. The second-order valence-corrected chi connectivity index (χ2v) is 4.08. The number of rotatable bonds is 5. The summed E-state index contributed by atoms with van der Waals surface area (Å²) in [6, 6.07) is 10.0. The van der Waals surface area contributed by atoms with Crippen LogP contribution in [0.15, 0.2) is 42.6 Å². The maximum atomic E-state index is 10.8. The third-order valence-corrected chi connectivity index (χ3v) is 2.61. The van der Waals surface area contributed by atoms with Crippen LogP contribution in [-0.2, 0) is 0 Å². The number of carbonyl (C=O) groups is 1. The fourth-order valence-corrected chi connectivity index (χ4v) is 1.60. The average molecular weight is 270 g/mol. The summed E-state index contributed by atoms with van der Waals surface area (Å²) in [5, 5.41) is 8.86. The van der Waals surface area contributed by atoms with Gasteiger partial charge in [0.15, 0.2) is 0 Å². The fourth-order valence-electron chi connectivity index (χ4n) is 1.60. The van der Waals surface area contributed by atoms with Gasteiger partial charge in [0.25, 0.3) is 0 Å². The van der Waals surface area contributed by atoms with Gasteiger partial charge in [-0.1, -0.05) is 36.4 Å². The Hall–Kier alpha value is -2.69. The number of hydrogen-bond donors (Lipinski definition) is 1. The van der Waals surface area contributed by atoms with Crippen LogP contribution in [0.5, 0.6) is 6.01 Å². The molecule has 0 radical (unpaired) electrons. The van der Waals surface area contributed by atoms with E-state index in [1.807, 2.05) is 42.5 Å². The van der Waals surface area contributed by atoms with Crippen molar-refractivity contribution in [2.24, 2.45) is 0 Å². The number of aromatic carboxylic acids is 1. The monoisotopic (exact) mass is 270 g/mol. The van der Waals surface area contributed by atoms with E-state index in [1.54, 1.807) is 6.92 Å². The molecule has 2 aromatic rings. The van der Waals surface area contributed by atoms with Crippen LogP contribution >= 0.6 is 0 Å². The molecule has 20 heavy (non-hydrogen) atoms. The number of hydrogen-bond acceptors (Lipinski definition) is 4. The lowest BCUT2D eigenvalue weighted by Gasteiger charge is -2.03. The normalized spacial score (nSPS) is 10.7. The molecule has 0 saturated carbocycles. The molecule has 0 saturated heterocycles. The molecule has 2 rings (SSSR count). The van der Waals surface area contributed by atoms with Gasteiger partial charge in [0.1, 0.15) is 6.61 Å². The summed E-state index contributed by atoms with van der Waals surface area (Å²) in [5.41, 5.74) is 1.54. The summed E-state index contributed by atoms with van der Waals surface area (Å²) < 4.78 is 5.34. The van der Waals surface area contributed by atoms with E-state index in [0.29, 0.717) is 12.3 Å². The highest BCUT2D eigenvalue weighted by Gasteiger charge is 2.09. The van der Waals surface area contributed by atoms with Gasteiger partial charge in [-0.15, -0.1) is 0 Å². The first kappa shape index (κ1) is 13.7. The van der Waals surface area contributed by atoms with Gasteiger partial charge in [-0.05, 0) is 18.6 Å². The summed E-state index contributed by atoms with van der Waals surface area (Å²) in [6.07, 6.45) is 5.03. The van der Waals surface area contributed by atoms with Gasteiger partial charge in [0, 0.05) is 6.20 Å². The molecule has 0 aliphatic heterocycles. The van der Waals surface area contributed by atoms with Crippen molar-refractivity contribution < 1.29 is 14.6 Å². The average Bonchev–Trinajstić information content (AvgIpc) is 2.44. The number of ether oxygens (including phenoxy) is 1. The quantitative estimate of drug-likeness (QED) is 0.904. The third kappa shape index (κ3) is 3.65. The van der Waals surface area contributed by atoms with E-state index < -0.39 is 5.97 Å². The van der Waals surface area contributed by atoms with Crippen molar-refractivity contribution in [1.82, 2.24) is 9.97 Å². The van der Waals surface area contributed by atoms with Gasteiger partial charge in [-0.3, -0.25) is 0 Å². The Kier molecular flexibility index (Phi) is 4.44. The highest BCUT2D eigenvalue weighted by Crippen LogP contribution is 2.09. The minimum Gasteiger partial charge on any atom is -0.478 e. The van der Waals surface area contributed by atoms with Crippen molar-refractivity contribution >= 4 is 12.0 Å². The molecule has 1 aromatic carbocycles. The zero-order valence-electron chi connectivity index (χ0n) is 11.0. The Morgan fingerprint density at radius 1 is 1.35 bits per heavy atom. The summed E-state index contributed by atoms with van der Waals surface area (Å²) in [7, 11) is 0. The summed E-state index contributed by atoms with van der Waals surface area (Å²) in [4.78, 5) is 18.7. The second kappa shape index (κ2) is 6.47. The first-order chi connectivity index (χ1) is 9.66. The van der Waals surface area contributed by atoms with Crippen molar-refractivity contribution in [3.63, 3.8) is 0 Å². The maximum Gasteiger partial charge on any atom is 0.339 e. The Balaban J connectivity index is 1.93. The predicted octanol–water partition coefficient (Wildman–Crippen LogP) is 2.58. The van der Waals surface area contributed by atoms with Gasteiger partial charge in [-0.2, -0.15) is 4.98 Å². The van der Waals surface area contributed by atoms with Gasteiger partial charge in [-0.25, -0.2) is 9.78 Å². The van der Waals surface area contributed by atoms with Crippen molar-refractivity contribution in [2.75, 3.05) is 6.61 Å². The third-order valence-electron chi connectivity index (χ3n) is 2.61. The van der Waals surface area contributed by atoms with E-state index in [-0.39, 0.29) is 11.6 Å². The summed E-state index contributed by atoms with van der Waals surface area (Å²) >= 11 is 0. The van der Waals surface area contributed by atoms with Crippen molar-refractivity contribution in [1.29, 1.82) is 0 Å². The van der Waals surface area contributed by atoms with Crippen LogP contribution < -0.4 is 4.74 Å². The number of aryl methyl sites for hydroxylation is 1. The molecular formula is C15H14N2O3. The number of benzene rings is 1. The molecule has 1 heterocycles. The van der Waals surface area contributed by atoms with E-state index in [0.717, 1.165) is 5.56 Å². The van der Waals surface area contributed by atoms with Crippen molar-refractivity contribution in [3.05, 3.63) is 59.4 Å². The van der Waals surface area contributed by atoms with Gasteiger partial charge in [0.2, 0.25) is 0 Å². The topological polar surface area (TPSA) is 72.3 Å². The molecule has 0 aliphatic rings. The second-order valence-electron chi connectivity index (χ2n) is 4.08. The molecular weight excluding hydrogens is 256 g/mol. The van der Waals surface area contributed by atoms with Crippen LogP contribution in [0.25, 0.3) is 6.08 Å². The van der Waals surface area contributed by atoms with Gasteiger partial charge < -0.3 is 9.84 Å². The van der Waals surface area contributed by atoms with E-state index in [4.69, 9.17) is 9.84 Å². The Morgan fingerprint density at radius 2 is 2.10 bits per heavy atom. The first-order valence-corrected chi connectivity index (χ1v) is 6.08. The van der Waals surface area contributed by atoms with Gasteiger partial charge in [0.05, 0.1) is 11.3 Å². The van der Waals surface area contributed by atoms with E-state index in [1.165, 1.54) is 6.20 Å². The van der Waals surface area contributed by atoms with Crippen LogP contribution in [0.4, 0.5) is 0 Å².